The summed E-state index contributed by atoms with van der Waals surface area (Å²) in [6.07, 6.45) is 0. The smallest absolute Gasteiger partial charge is 0.346 e. The Morgan fingerprint density at radius 2 is 2.00 bits per heavy atom. The molecule has 2 aromatic rings. The number of nitrogens with one attached hydrogen (secondary N) is 2. The predicted molar refractivity (Wildman–Crippen MR) is 79.0 cm³/mol. The van der Waals surface area contributed by atoms with Crippen LogP contribution in [0.3, 0.4) is 0 Å². The second kappa shape index (κ2) is 5.17. The second-order valence-corrected chi connectivity index (χ2v) is 5.18. The van der Waals surface area contributed by atoms with E-state index in [-0.39, 0.29) is 5.82 Å². The molecule has 1 aliphatic rings. The van der Waals surface area contributed by atoms with Gasteiger partial charge in [0.1, 0.15) is 0 Å². The molecule has 7 heteroatoms. The molecule has 0 unspecified atom stereocenters. The number of hydrogen-bond acceptors (Lipinski definition) is 5. The molecule has 0 saturated heterocycles. The molecule has 1 aromatic heterocycles. The first-order valence-corrected chi connectivity index (χ1v) is 6.76. The molecule has 2 N–H and O–H groups in total. The lowest BCUT2D eigenvalue weighted by atomic mass is 10.1. The van der Waals surface area contributed by atoms with Crippen LogP contribution >= 0.6 is 0 Å². The number of fused-ring (bicyclic) bond motifs is 1. The Labute approximate surface area is 121 Å². The Hall–Kier alpha value is -2.41. The van der Waals surface area contributed by atoms with Crippen LogP contribution in [0.25, 0.3) is 0 Å². The highest BCUT2D eigenvalue weighted by atomic mass is 16.2. The Balaban J connectivity index is 1.82. The molecule has 0 atom stereocenters. The number of benzene rings is 1. The van der Waals surface area contributed by atoms with E-state index in [9.17, 15) is 9.59 Å². The van der Waals surface area contributed by atoms with Gasteiger partial charge in [-0.2, -0.15) is 0 Å². The Morgan fingerprint density at radius 1 is 1.24 bits per heavy atom. The van der Waals surface area contributed by atoms with Crippen LogP contribution in [-0.4, -0.2) is 14.3 Å². The highest BCUT2D eigenvalue weighted by Gasteiger charge is 2.11. The molecular weight excluding hydrogens is 270 g/mol. The summed E-state index contributed by atoms with van der Waals surface area (Å²) in [5, 5.41) is 10.3. The van der Waals surface area contributed by atoms with Gasteiger partial charge in [-0.3, -0.25) is 9.36 Å². The molecule has 0 amide bonds. The van der Waals surface area contributed by atoms with E-state index in [0.717, 1.165) is 27.9 Å². The van der Waals surface area contributed by atoms with Crippen LogP contribution in [0.15, 0.2) is 27.8 Å². The first-order valence-electron chi connectivity index (χ1n) is 6.76. The normalized spacial score (nSPS) is 13.2. The summed E-state index contributed by atoms with van der Waals surface area (Å²) in [5.41, 5.74) is 2.83. The van der Waals surface area contributed by atoms with Gasteiger partial charge in [-0.25, -0.2) is 9.48 Å². The Morgan fingerprint density at radius 3 is 2.81 bits per heavy atom. The lowest BCUT2D eigenvalue weighted by molar-refractivity contribution is 0.604. The maximum Gasteiger partial charge on any atom is 0.346 e. The van der Waals surface area contributed by atoms with Crippen molar-refractivity contribution in [3.8, 4) is 0 Å². The van der Waals surface area contributed by atoms with Crippen molar-refractivity contribution in [2.75, 3.05) is 5.32 Å². The van der Waals surface area contributed by atoms with Gasteiger partial charge in [0.2, 0.25) is 5.82 Å². The van der Waals surface area contributed by atoms with Crippen molar-refractivity contribution in [2.24, 2.45) is 14.1 Å². The van der Waals surface area contributed by atoms with Crippen LogP contribution < -0.4 is 21.9 Å². The van der Waals surface area contributed by atoms with Crippen LogP contribution in [0.1, 0.15) is 16.7 Å². The molecule has 0 fully saturated rings. The number of anilines is 1. The zero-order valence-electron chi connectivity index (χ0n) is 12.0. The van der Waals surface area contributed by atoms with Gasteiger partial charge in [0, 0.05) is 33.7 Å². The SMILES string of the molecule is Cn1nc(NCc2ccc3c(c2)CNC3)c(=O)n(C)c1=O. The van der Waals surface area contributed by atoms with E-state index in [1.165, 1.54) is 25.2 Å². The summed E-state index contributed by atoms with van der Waals surface area (Å²) in [6.45, 7) is 2.28. The minimum Gasteiger partial charge on any atom is -0.360 e. The lowest BCUT2D eigenvalue weighted by Crippen LogP contribution is -2.39. The van der Waals surface area contributed by atoms with E-state index < -0.39 is 11.2 Å². The van der Waals surface area contributed by atoms with E-state index in [1.54, 1.807) is 0 Å². The molecule has 0 spiro atoms. The van der Waals surface area contributed by atoms with Crippen LogP contribution in [0, 0.1) is 0 Å². The minimum absolute atomic E-state index is 0.179. The Kier molecular flexibility index (Phi) is 3.34. The third-order valence-corrected chi connectivity index (χ3v) is 3.68. The number of hydrogen-bond donors (Lipinski definition) is 2. The fourth-order valence-electron chi connectivity index (χ4n) is 2.45. The summed E-state index contributed by atoms with van der Waals surface area (Å²) in [5.74, 6) is 0.179. The largest absolute Gasteiger partial charge is 0.360 e. The van der Waals surface area contributed by atoms with Gasteiger partial charge in [-0.05, 0) is 16.7 Å². The molecule has 21 heavy (non-hydrogen) atoms. The molecule has 1 aromatic carbocycles. The monoisotopic (exact) mass is 287 g/mol. The lowest BCUT2D eigenvalue weighted by Gasteiger charge is -2.09. The fourth-order valence-corrected chi connectivity index (χ4v) is 2.45. The van der Waals surface area contributed by atoms with Crippen LogP contribution in [-0.2, 0) is 33.7 Å². The van der Waals surface area contributed by atoms with Gasteiger partial charge < -0.3 is 10.6 Å². The maximum absolute atomic E-state index is 12.0. The van der Waals surface area contributed by atoms with Crippen molar-refractivity contribution in [1.82, 2.24) is 19.7 Å². The van der Waals surface area contributed by atoms with Crippen LogP contribution in [0.5, 0.6) is 0 Å². The quantitative estimate of drug-likeness (QED) is 0.809. The van der Waals surface area contributed by atoms with E-state index in [4.69, 9.17) is 0 Å². The Bertz CT molecular complexity index is 806. The second-order valence-electron chi connectivity index (χ2n) is 5.18. The third kappa shape index (κ3) is 2.47. The first kappa shape index (κ1) is 13.6. The van der Waals surface area contributed by atoms with E-state index in [2.05, 4.69) is 27.9 Å². The molecule has 2 heterocycles. The summed E-state index contributed by atoms with van der Waals surface area (Å²) >= 11 is 0. The van der Waals surface area contributed by atoms with E-state index >= 15 is 0 Å². The van der Waals surface area contributed by atoms with Crippen LogP contribution in [0.4, 0.5) is 5.82 Å². The average Bonchev–Trinajstić information content (AvgIpc) is 2.95. The van der Waals surface area contributed by atoms with Gasteiger partial charge in [0.15, 0.2) is 0 Å². The fraction of sp³-hybridized carbons (Fsp3) is 0.357. The van der Waals surface area contributed by atoms with Crippen molar-refractivity contribution < 1.29 is 0 Å². The molecule has 0 aliphatic carbocycles. The van der Waals surface area contributed by atoms with Gasteiger partial charge in [0.25, 0.3) is 5.56 Å². The maximum atomic E-state index is 12.0. The first-order chi connectivity index (χ1) is 10.1. The van der Waals surface area contributed by atoms with Crippen LogP contribution in [0.2, 0.25) is 0 Å². The van der Waals surface area contributed by atoms with Crippen molar-refractivity contribution in [2.45, 2.75) is 19.6 Å². The van der Waals surface area contributed by atoms with Crippen molar-refractivity contribution in [1.29, 1.82) is 0 Å². The average molecular weight is 287 g/mol. The molecular formula is C14H17N5O2. The van der Waals surface area contributed by atoms with Crippen molar-refractivity contribution in [3.63, 3.8) is 0 Å². The molecule has 1 aliphatic heterocycles. The molecule has 7 nitrogen and oxygen atoms in total. The van der Waals surface area contributed by atoms with E-state index in [1.807, 2.05) is 6.07 Å². The molecule has 110 valence electrons. The van der Waals surface area contributed by atoms with Gasteiger partial charge in [-0.15, -0.1) is 5.10 Å². The van der Waals surface area contributed by atoms with Crippen molar-refractivity contribution in [3.05, 3.63) is 55.7 Å². The number of aromatic nitrogens is 3. The number of aryl methyl sites for hydroxylation is 1. The predicted octanol–water partition coefficient (Wildman–Crippen LogP) is -0.306. The topological polar surface area (TPSA) is 81.0 Å². The van der Waals surface area contributed by atoms with Gasteiger partial charge in [-0.1, -0.05) is 18.2 Å². The summed E-state index contributed by atoms with van der Waals surface area (Å²) in [6, 6.07) is 6.25. The van der Waals surface area contributed by atoms with Gasteiger partial charge >= 0.3 is 5.69 Å². The number of rotatable bonds is 3. The minimum atomic E-state index is -0.436. The molecule has 3 rings (SSSR count). The van der Waals surface area contributed by atoms with E-state index in [0.29, 0.717) is 6.54 Å². The molecule has 0 bridgehead atoms. The highest BCUT2D eigenvalue weighted by molar-refractivity contribution is 5.37. The van der Waals surface area contributed by atoms with Gasteiger partial charge in [0.05, 0.1) is 0 Å². The zero-order valence-corrected chi connectivity index (χ0v) is 12.0. The standard InChI is InChI=1S/C14H17N5O2/c1-18-13(20)12(17-19(2)14(18)21)16-6-9-3-4-10-7-15-8-11(10)5-9/h3-5,15H,6-8H2,1-2H3,(H,16,17). The highest BCUT2D eigenvalue weighted by Crippen LogP contribution is 2.17. The molecule has 0 saturated carbocycles. The number of nitrogens with zero attached hydrogens (tertiary/aromatic N) is 3. The molecule has 0 radical (unpaired) electrons. The summed E-state index contributed by atoms with van der Waals surface area (Å²) in [7, 11) is 2.96. The summed E-state index contributed by atoms with van der Waals surface area (Å²) in [4.78, 5) is 23.5. The van der Waals surface area contributed by atoms with Crippen molar-refractivity contribution >= 4 is 5.82 Å². The zero-order chi connectivity index (χ0) is 15.0. The third-order valence-electron chi connectivity index (χ3n) is 3.68. The summed E-state index contributed by atoms with van der Waals surface area (Å²) < 4.78 is 2.19.